The summed E-state index contributed by atoms with van der Waals surface area (Å²) in [7, 11) is 4.48. The van der Waals surface area contributed by atoms with Crippen LogP contribution in [0, 0.1) is 0 Å². The van der Waals surface area contributed by atoms with Gasteiger partial charge in [-0.3, -0.25) is 0 Å². The highest BCUT2D eigenvalue weighted by Crippen LogP contribution is 2.43. The zero-order valence-electron chi connectivity index (χ0n) is 9.48. The van der Waals surface area contributed by atoms with Crippen molar-refractivity contribution in [2.24, 2.45) is 0 Å². The van der Waals surface area contributed by atoms with E-state index >= 15 is 0 Å². The van der Waals surface area contributed by atoms with Gasteiger partial charge in [0.05, 0.1) is 0 Å². The summed E-state index contributed by atoms with van der Waals surface area (Å²) >= 11 is 0. The molecular formula is C13H18N2. The van der Waals surface area contributed by atoms with E-state index in [2.05, 4.69) is 48.2 Å². The monoisotopic (exact) mass is 202 g/mol. The molecule has 15 heavy (non-hydrogen) atoms. The number of hydrogen-bond donors (Lipinski definition) is 0. The average molecular weight is 202 g/mol. The van der Waals surface area contributed by atoms with Crippen LogP contribution in [0.1, 0.15) is 17.9 Å². The lowest BCUT2D eigenvalue weighted by Gasteiger charge is -2.35. The van der Waals surface area contributed by atoms with E-state index in [1.165, 1.54) is 25.2 Å². The third-order valence-electron chi connectivity index (χ3n) is 3.99. The van der Waals surface area contributed by atoms with Crippen LogP contribution in [-0.4, -0.2) is 38.1 Å². The first kappa shape index (κ1) is 9.22. The van der Waals surface area contributed by atoms with Crippen LogP contribution in [0.25, 0.3) is 0 Å². The van der Waals surface area contributed by atoms with Gasteiger partial charge in [-0.1, -0.05) is 18.2 Å². The molecule has 2 unspecified atom stereocenters. The number of rotatable bonds is 0. The van der Waals surface area contributed by atoms with E-state index < -0.39 is 0 Å². The van der Waals surface area contributed by atoms with E-state index in [1.54, 1.807) is 5.56 Å². The van der Waals surface area contributed by atoms with Gasteiger partial charge in [-0.25, -0.2) is 0 Å². The number of fused-ring (bicyclic) bond motifs is 3. The van der Waals surface area contributed by atoms with E-state index in [1.807, 2.05) is 0 Å². The minimum Gasteiger partial charge on any atom is -0.371 e. The van der Waals surface area contributed by atoms with Gasteiger partial charge < -0.3 is 9.80 Å². The third-order valence-corrected chi connectivity index (χ3v) is 3.99. The van der Waals surface area contributed by atoms with Crippen LogP contribution in [0.15, 0.2) is 24.3 Å². The maximum Gasteiger partial charge on any atom is 0.0403 e. The van der Waals surface area contributed by atoms with Gasteiger partial charge in [-0.05, 0) is 31.6 Å². The molecule has 2 nitrogen and oxygen atoms in total. The smallest absolute Gasteiger partial charge is 0.0403 e. The Balaban J connectivity index is 2.02. The summed E-state index contributed by atoms with van der Waals surface area (Å²) in [6.45, 7) is 2.45. The summed E-state index contributed by atoms with van der Waals surface area (Å²) in [5, 5.41) is 0. The zero-order chi connectivity index (χ0) is 10.4. The molecule has 0 aliphatic carbocycles. The van der Waals surface area contributed by atoms with E-state index in [0.717, 1.165) is 12.0 Å². The minimum absolute atomic E-state index is 0.727. The maximum absolute atomic E-state index is 2.48. The van der Waals surface area contributed by atoms with Gasteiger partial charge >= 0.3 is 0 Å². The molecule has 2 atom stereocenters. The Hall–Kier alpha value is -1.02. The molecule has 1 aromatic carbocycles. The predicted molar refractivity (Wildman–Crippen MR) is 63.5 cm³/mol. The Kier molecular flexibility index (Phi) is 1.99. The fourth-order valence-corrected chi connectivity index (χ4v) is 3.17. The Morgan fingerprint density at radius 1 is 1.20 bits per heavy atom. The van der Waals surface area contributed by atoms with Crippen molar-refractivity contribution in [1.82, 2.24) is 4.90 Å². The number of para-hydroxylation sites is 1. The zero-order valence-corrected chi connectivity index (χ0v) is 9.48. The molecule has 1 fully saturated rings. The van der Waals surface area contributed by atoms with Gasteiger partial charge in [0.2, 0.25) is 0 Å². The van der Waals surface area contributed by atoms with E-state index in [0.29, 0.717) is 0 Å². The van der Waals surface area contributed by atoms with Crippen LogP contribution < -0.4 is 4.90 Å². The molecule has 1 aromatic rings. The topological polar surface area (TPSA) is 6.48 Å². The quantitative estimate of drug-likeness (QED) is 0.634. The summed E-state index contributed by atoms with van der Waals surface area (Å²) in [5.74, 6) is 0.727. The average Bonchev–Trinajstić information content (AvgIpc) is 2.54. The van der Waals surface area contributed by atoms with Crippen molar-refractivity contribution in [2.45, 2.75) is 18.4 Å². The number of likely N-dealkylation sites (tertiary alicyclic amines) is 1. The van der Waals surface area contributed by atoms with Crippen LogP contribution in [0.5, 0.6) is 0 Å². The Morgan fingerprint density at radius 2 is 2.00 bits per heavy atom. The van der Waals surface area contributed by atoms with Crippen molar-refractivity contribution in [2.75, 3.05) is 32.1 Å². The number of benzene rings is 1. The Labute approximate surface area is 91.5 Å². The molecule has 3 rings (SSSR count). The maximum atomic E-state index is 2.48. The third kappa shape index (κ3) is 1.28. The minimum atomic E-state index is 0.727. The molecule has 0 aromatic heterocycles. The summed E-state index contributed by atoms with van der Waals surface area (Å²) in [4.78, 5) is 4.93. The lowest BCUT2D eigenvalue weighted by atomic mass is 9.89. The van der Waals surface area contributed by atoms with E-state index in [9.17, 15) is 0 Å². The number of piperidine rings is 1. The SMILES string of the molecule is CN1CCC2C(C1)c1ccccc1N2C. The van der Waals surface area contributed by atoms with Gasteiger partial charge in [-0.2, -0.15) is 0 Å². The molecule has 0 radical (unpaired) electrons. The van der Waals surface area contributed by atoms with Gasteiger partial charge in [0, 0.05) is 31.2 Å². The lowest BCUT2D eigenvalue weighted by molar-refractivity contribution is 0.234. The molecule has 2 heterocycles. The van der Waals surface area contributed by atoms with Gasteiger partial charge in [0.15, 0.2) is 0 Å². The molecule has 2 heteroatoms. The molecule has 0 bridgehead atoms. The van der Waals surface area contributed by atoms with Crippen LogP contribution in [0.4, 0.5) is 5.69 Å². The number of nitrogens with zero attached hydrogens (tertiary/aromatic N) is 2. The molecule has 0 spiro atoms. The van der Waals surface area contributed by atoms with Gasteiger partial charge in [0.1, 0.15) is 0 Å². The standard InChI is InChI=1S/C13H18N2/c1-14-8-7-13-11(9-14)10-5-3-4-6-12(10)15(13)2/h3-6,11,13H,7-9H2,1-2H3. The first-order valence-electron chi connectivity index (χ1n) is 5.77. The van der Waals surface area contributed by atoms with Crippen molar-refractivity contribution < 1.29 is 0 Å². The fraction of sp³-hybridized carbons (Fsp3) is 0.538. The van der Waals surface area contributed by atoms with Crippen molar-refractivity contribution >= 4 is 5.69 Å². The summed E-state index contributed by atoms with van der Waals surface area (Å²) in [5.41, 5.74) is 3.00. The predicted octanol–water partition coefficient (Wildman–Crippen LogP) is 1.92. The first-order valence-corrected chi connectivity index (χ1v) is 5.77. The van der Waals surface area contributed by atoms with Crippen LogP contribution in [-0.2, 0) is 0 Å². The highest BCUT2D eigenvalue weighted by molar-refractivity contribution is 5.61. The van der Waals surface area contributed by atoms with Crippen molar-refractivity contribution in [3.63, 3.8) is 0 Å². The fourth-order valence-electron chi connectivity index (χ4n) is 3.17. The molecule has 2 aliphatic rings. The van der Waals surface area contributed by atoms with Crippen LogP contribution in [0.2, 0.25) is 0 Å². The Bertz CT molecular complexity index is 375. The second-order valence-corrected chi connectivity index (χ2v) is 4.89. The highest BCUT2D eigenvalue weighted by atomic mass is 15.2. The lowest BCUT2D eigenvalue weighted by Crippen LogP contribution is -2.43. The van der Waals surface area contributed by atoms with Gasteiger partial charge in [0.25, 0.3) is 0 Å². The molecule has 0 saturated carbocycles. The molecule has 1 saturated heterocycles. The van der Waals surface area contributed by atoms with Crippen molar-refractivity contribution in [1.29, 1.82) is 0 Å². The van der Waals surface area contributed by atoms with Crippen molar-refractivity contribution in [3.05, 3.63) is 29.8 Å². The van der Waals surface area contributed by atoms with Crippen molar-refractivity contribution in [3.8, 4) is 0 Å². The molecule has 2 aliphatic heterocycles. The number of anilines is 1. The van der Waals surface area contributed by atoms with Crippen LogP contribution in [0.3, 0.4) is 0 Å². The largest absolute Gasteiger partial charge is 0.371 e. The Morgan fingerprint density at radius 3 is 2.87 bits per heavy atom. The summed E-state index contributed by atoms with van der Waals surface area (Å²) in [6.07, 6.45) is 1.30. The second-order valence-electron chi connectivity index (χ2n) is 4.89. The van der Waals surface area contributed by atoms with E-state index in [4.69, 9.17) is 0 Å². The molecule has 80 valence electrons. The second kappa shape index (κ2) is 3.24. The summed E-state index contributed by atoms with van der Waals surface area (Å²) in [6, 6.07) is 9.61. The molecule has 0 amide bonds. The molecular weight excluding hydrogens is 184 g/mol. The normalized spacial score (nSPS) is 30.1. The van der Waals surface area contributed by atoms with Crippen LogP contribution >= 0.6 is 0 Å². The number of hydrogen-bond acceptors (Lipinski definition) is 2. The molecule has 0 N–H and O–H groups in total. The van der Waals surface area contributed by atoms with E-state index in [-0.39, 0.29) is 0 Å². The van der Waals surface area contributed by atoms with Gasteiger partial charge in [-0.15, -0.1) is 0 Å². The summed E-state index contributed by atoms with van der Waals surface area (Å²) < 4.78 is 0. The first-order chi connectivity index (χ1) is 7.27. The highest BCUT2D eigenvalue weighted by Gasteiger charge is 2.38. The number of likely N-dealkylation sites (N-methyl/N-ethyl adjacent to an activating group) is 2.